The number of likely N-dealkylation sites (N-methyl/N-ethyl adjacent to an activating group) is 2. The zero-order chi connectivity index (χ0) is 15.7. The summed E-state index contributed by atoms with van der Waals surface area (Å²) in [6.45, 7) is 12.8. The second-order valence-electron chi connectivity index (χ2n) is 5.68. The number of nitrogens with zero attached hydrogens (tertiary/aromatic N) is 1. The van der Waals surface area contributed by atoms with E-state index in [0.29, 0.717) is 12.6 Å². The maximum atomic E-state index is 5.78. The van der Waals surface area contributed by atoms with Gasteiger partial charge in [0.15, 0.2) is 0 Å². The third-order valence-corrected chi connectivity index (χ3v) is 4.10. The van der Waals surface area contributed by atoms with Crippen LogP contribution in [0.25, 0.3) is 0 Å². The van der Waals surface area contributed by atoms with Crippen LogP contribution in [0.5, 0.6) is 5.75 Å². The normalized spacial score (nSPS) is 14.2. The van der Waals surface area contributed by atoms with E-state index in [1.165, 1.54) is 12.0 Å². The van der Waals surface area contributed by atoms with E-state index in [1.54, 1.807) is 0 Å². The molecule has 0 heterocycles. The molecule has 0 aromatic heterocycles. The van der Waals surface area contributed by atoms with Gasteiger partial charge in [-0.2, -0.15) is 0 Å². The first kappa shape index (κ1) is 18.0. The molecule has 0 radical (unpaired) electrons. The lowest BCUT2D eigenvalue weighted by atomic mass is 10.0. The molecule has 1 N–H and O–H groups in total. The Morgan fingerprint density at radius 2 is 1.86 bits per heavy atom. The molecule has 0 saturated carbocycles. The van der Waals surface area contributed by atoms with E-state index < -0.39 is 0 Å². The third-order valence-electron chi connectivity index (χ3n) is 4.10. The van der Waals surface area contributed by atoms with Gasteiger partial charge in [0, 0.05) is 24.7 Å². The van der Waals surface area contributed by atoms with Crippen LogP contribution in [-0.2, 0) is 0 Å². The number of hydrogen-bond donors (Lipinski definition) is 1. The summed E-state index contributed by atoms with van der Waals surface area (Å²) >= 11 is 0. The average Bonchev–Trinajstić information content (AvgIpc) is 2.52. The highest BCUT2D eigenvalue weighted by atomic mass is 16.5. The van der Waals surface area contributed by atoms with Gasteiger partial charge in [0.25, 0.3) is 0 Å². The van der Waals surface area contributed by atoms with Gasteiger partial charge in [0.2, 0.25) is 0 Å². The number of para-hydroxylation sites is 1. The highest BCUT2D eigenvalue weighted by Gasteiger charge is 2.18. The molecule has 0 amide bonds. The third kappa shape index (κ3) is 5.68. The van der Waals surface area contributed by atoms with Gasteiger partial charge in [-0.15, -0.1) is 0 Å². The molecule has 1 aromatic rings. The number of nitrogens with one attached hydrogen (secondary N) is 1. The van der Waals surface area contributed by atoms with Crippen molar-refractivity contribution >= 4 is 0 Å². The predicted molar refractivity (Wildman–Crippen MR) is 91.0 cm³/mol. The fourth-order valence-electron chi connectivity index (χ4n) is 2.56. The van der Waals surface area contributed by atoms with Crippen LogP contribution in [0.1, 0.15) is 45.7 Å². The summed E-state index contributed by atoms with van der Waals surface area (Å²) in [4.78, 5) is 2.53. The Morgan fingerprint density at radius 3 is 2.43 bits per heavy atom. The molecule has 0 bridgehead atoms. The molecule has 2 unspecified atom stereocenters. The van der Waals surface area contributed by atoms with Gasteiger partial charge in [-0.05, 0) is 32.5 Å². The molecule has 0 aliphatic carbocycles. The van der Waals surface area contributed by atoms with Crippen molar-refractivity contribution in [1.29, 1.82) is 0 Å². The van der Waals surface area contributed by atoms with Crippen molar-refractivity contribution in [2.45, 2.75) is 40.2 Å². The van der Waals surface area contributed by atoms with E-state index in [9.17, 15) is 0 Å². The smallest absolute Gasteiger partial charge is 0.124 e. The second kappa shape index (κ2) is 9.80. The van der Waals surface area contributed by atoms with Gasteiger partial charge < -0.3 is 15.0 Å². The Bertz CT molecular complexity index is 395. The molecular weight excluding hydrogens is 260 g/mol. The molecule has 1 aromatic carbocycles. The molecule has 1 rings (SSSR count). The van der Waals surface area contributed by atoms with Crippen LogP contribution in [-0.4, -0.2) is 38.2 Å². The number of ether oxygens (including phenoxy) is 1. The monoisotopic (exact) mass is 292 g/mol. The maximum absolute atomic E-state index is 5.78. The fourth-order valence-corrected chi connectivity index (χ4v) is 2.56. The van der Waals surface area contributed by atoms with Crippen LogP contribution < -0.4 is 10.1 Å². The van der Waals surface area contributed by atoms with Crippen molar-refractivity contribution in [3.05, 3.63) is 29.8 Å². The van der Waals surface area contributed by atoms with E-state index in [-0.39, 0.29) is 0 Å². The molecule has 0 aliphatic heterocycles. The summed E-state index contributed by atoms with van der Waals surface area (Å²) in [7, 11) is 2.03. The van der Waals surface area contributed by atoms with Crippen LogP contribution in [0, 0.1) is 5.92 Å². The minimum Gasteiger partial charge on any atom is -0.494 e. The van der Waals surface area contributed by atoms with Crippen molar-refractivity contribution in [3.63, 3.8) is 0 Å². The van der Waals surface area contributed by atoms with Crippen LogP contribution >= 0.6 is 0 Å². The Morgan fingerprint density at radius 1 is 1.14 bits per heavy atom. The van der Waals surface area contributed by atoms with Gasteiger partial charge in [0.1, 0.15) is 5.75 Å². The Kier molecular flexibility index (Phi) is 8.40. The van der Waals surface area contributed by atoms with Crippen LogP contribution in [0.4, 0.5) is 0 Å². The Hall–Kier alpha value is -1.06. The molecule has 0 spiro atoms. The summed E-state index contributed by atoms with van der Waals surface area (Å²) in [5.41, 5.74) is 1.25. The Labute approximate surface area is 130 Å². The zero-order valence-corrected chi connectivity index (χ0v) is 14.4. The minimum atomic E-state index is 0.303. The van der Waals surface area contributed by atoms with Crippen molar-refractivity contribution in [2.75, 3.05) is 33.3 Å². The van der Waals surface area contributed by atoms with Gasteiger partial charge in [-0.25, -0.2) is 0 Å². The highest BCUT2D eigenvalue weighted by molar-refractivity contribution is 5.36. The van der Waals surface area contributed by atoms with E-state index in [2.05, 4.69) is 49.2 Å². The summed E-state index contributed by atoms with van der Waals surface area (Å²) in [6.07, 6.45) is 1.23. The molecule has 0 saturated heterocycles. The molecule has 0 fully saturated rings. The molecule has 3 nitrogen and oxygen atoms in total. The first-order valence-electron chi connectivity index (χ1n) is 8.27. The molecule has 120 valence electrons. The maximum Gasteiger partial charge on any atom is 0.124 e. The first-order chi connectivity index (χ1) is 10.2. The second-order valence-corrected chi connectivity index (χ2v) is 5.68. The van der Waals surface area contributed by atoms with Crippen molar-refractivity contribution < 1.29 is 4.74 Å². The minimum absolute atomic E-state index is 0.303. The van der Waals surface area contributed by atoms with Crippen LogP contribution in [0.2, 0.25) is 0 Å². The summed E-state index contributed by atoms with van der Waals surface area (Å²) in [6, 6.07) is 8.67. The number of benzene rings is 1. The van der Waals surface area contributed by atoms with Crippen LogP contribution in [0.15, 0.2) is 24.3 Å². The topological polar surface area (TPSA) is 24.5 Å². The molecular formula is C18H32N2O. The van der Waals surface area contributed by atoms with Crippen LogP contribution in [0.3, 0.4) is 0 Å². The summed E-state index contributed by atoms with van der Waals surface area (Å²) in [5, 5.41) is 3.45. The summed E-state index contributed by atoms with van der Waals surface area (Å²) < 4.78 is 5.78. The largest absolute Gasteiger partial charge is 0.494 e. The van der Waals surface area contributed by atoms with Crippen molar-refractivity contribution in [3.8, 4) is 5.75 Å². The van der Waals surface area contributed by atoms with E-state index in [1.807, 2.05) is 20.0 Å². The van der Waals surface area contributed by atoms with Crippen molar-refractivity contribution in [2.24, 2.45) is 5.92 Å². The average molecular weight is 292 g/mol. The van der Waals surface area contributed by atoms with Gasteiger partial charge in [-0.3, -0.25) is 0 Å². The molecule has 0 aliphatic rings. The van der Waals surface area contributed by atoms with E-state index in [0.717, 1.165) is 31.3 Å². The first-order valence-corrected chi connectivity index (χ1v) is 8.27. The number of hydrogen-bond acceptors (Lipinski definition) is 3. The van der Waals surface area contributed by atoms with Gasteiger partial charge in [-0.1, -0.05) is 45.4 Å². The Balaban J connectivity index is 2.82. The zero-order valence-electron chi connectivity index (χ0n) is 14.4. The lowest BCUT2D eigenvalue weighted by Crippen LogP contribution is -2.36. The van der Waals surface area contributed by atoms with Gasteiger partial charge >= 0.3 is 0 Å². The fraction of sp³-hybridized carbons (Fsp3) is 0.667. The lowest BCUT2D eigenvalue weighted by molar-refractivity contribution is 0.221. The number of rotatable bonds is 10. The van der Waals surface area contributed by atoms with E-state index in [4.69, 9.17) is 4.74 Å². The molecule has 3 heteroatoms. The lowest BCUT2D eigenvalue weighted by Gasteiger charge is -2.29. The highest BCUT2D eigenvalue weighted by Crippen LogP contribution is 2.26. The predicted octanol–water partition coefficient (Wildman–Crippen LogP) is 3.71. The molecule has 21 heavy (non-hydrogen) atoms. The quantitative estimate of drug-likeness (QED) is 0.711. The van der Waals surface area contributed by atoms with Crippen molar-refractivity contribution in [1.82, 2.24) is 10.2 Å². The molecule has 2 atom stereocenters. The van der Waals surface area contributed by atoms with Gasteiger partial charge in [0.05, 0.1) is 6.61 Å². The SMILES string of the molecule is CCOc1ccccc1C(CN(CC)CC(C)CC)NC. The standard InChI is InChI=1S/C18H32N2O/c1-6-15(4)13-20(7-2)14-17(19-5)16-11-9-10-12-18(16)21-8-3/h9-12,15,17,19H,6-8,13-14H2,1-5H3. The van der Waals surface area contributed by atoms with E-state index >= 15 is 0 Å². The summed E-state index contributed by atoms with van der Waals surface area (Å²) in [5.74, 6) is 1.74.